The summed E-state index contributed by atoms with van der Waals surface area (Å²) < 4.78 is 28.1. The number of amides is 2. The molecule has 2 unspecified atom stereocenters. The van der Waals surface area contributed by atoms with Crippen molar-refractivity contribution >= 4 is 18.2 Å². The van der Waals surface area contributed by atoms with Gasteiger partial charge in [0.05, 0.1) is 13.2 Å². The van der Waals surface area contributed by atoms with Gasteiger partial charge in [0.25, 0.3) is 0 Å². The molecule has 0 spiro atoms. The highest BCUT2D eigenvalue weighted by Crippen LogP contribution is 2.22. The molecule has 0 aliphatic carbocycles. The van der Waals surface area contributed by atoms with E-state index in [2.05, 4.69) is 0 Å². The molecule has 3 atom stereocenters. The third-order valence-corrected chi connectivity index (χ3v) is 4.58. The van der Waals surface area contributed by atoms with E-state index in [0.717, 1.165) is 5.56 Å². The lowest BCUT2D eigenvalue weighted by Gasteiger charge is -2.32. The summed E-state index contributed by atoms with van der Waals surface area (Å²) in [6.07, 6.45) is -2.63. The third-order valence-electron chi connectivity index (χ3n) is 4.58. The van der Waals surface area contributed by atoms with Crippen molar-refractivity contribution < 1.29 is 38.1 Å². The predicted molar refractivity (Wildman–Crippen MR) is 125 cm³/mol. The topological polar surface area (TPSA) is 101 Å². The molecule has 2 amide bonds. The number of hydrogen-bond acceptors (Lipinski definition) is 8. The summed E-state index contributed by atoms with van der Waals surface area (Å²) in [5, 5.41) is 0. The highest BCUT2D eigenvalue weighted by molar-refractivity contribution is 5.94. The Morgan fingerprint density at radius 3 is 1.97 bits per heavy atom. The number of esters is 1. The molecular formula is C25H37NO8. The van der Waals surface area contributed by atoms with Gasteiger partial charge in [-0.25, -0.2) is 14.4 Å². The summed E-state index contributed by atoms with van der Waals surface area (Å²) in [4.78, 5) is 39.5. The smallest absolute Gasteiger partial charge is 0.420 e. The fraction of sp³-hybridized carbons (Fsp3) is 0.640. The van der Waals surface area contributed by atoms with E-state index >= 15 is 0 Å². The van der Waals surface area contributed by atoms with Crippen LogP contribution in [-0.2, 0) is 23.7 Å². The Labute approximate surface area is 201 Å². The molecule has 1 saturated heterocycles. The maximum atomic E-state index is 13.0. The van der Waals surface area contributed by atoms with Crippen LogP contribution in [-0.4, -0.2) is 65.7 Å². The molecule has 1 fully saturated rings. The van der Waals surface area contributed by atoms with Gasteiger partial charge in [-0.05, 0) is 67.5 Å². The summed E-state index contributed by atoms with van der Waals surface area (Å²) in [6.45, 7) is 13.5. The van der Waals surface area contributed by atoms with E-state index in [4.69, 9.17) is 23.7 Å². The van der Waals surface area contributed by atoms with Gasteiger partial charge in [-0.3, -0.25) is 0 Å². The van der Waals surface area contributed by atoms with Gasteiger partial charge in [-0.1, -0.05) is 17.7 Å². The van der Waals surface area contributed by atoms with Gasteiger partial charge in [-0.2, -0.15) is 4.90 Å². The lowest BCUT2D eigenvalue weighted by molar-refractivity contribution is -0.155. The first-order valence-electron chi connectivity index (χ1n) is 11.4. The van der Waals surface area contributed by atoms with Gasteiger partial charge in [0.15, 0.2) is 6.04 Å². The van der Waals surface area contributed by atoms with E-state index in [1.165, 1.54) is 0 Å². The predicted octanol–water partition coefficient (Wildman–Crippen LogP) is 4.64. The minimum absolute atomic E-state index is 0.127. The summed E-state index contributed by atoms with van der Waals surface area (Å²) in [5.41, 5.74) is -0.700. The van der Waals surface area contributed by atoms with Crippen LogP contribution in [0.2, 0.25) is 0 Å². The molecule has 9 nitrogen and oxygen atoms in total. The lowest BCUT2D eigenvalue weighted by atomic mass is 10.2. The first kappa shape index (κ1) is 27.4. The summed E-state index contributed by atoms with van der Waals surface area (Å²) in [6, 6.07) is 6.20. The third kappa shape index (κ3) is 8.85. The van der Waals surface area contributed by atoms with Crippen molar-refractivity contribution in [1.82, 2.24) is 4.90 Å². The monoisotopic (exact) mass is 479 g/mol. The van der Waals surface area contributed by atoms with E-state index in [9.17, 15) is 14.4 Å². The molecule has 1 aliphatic heterocycles. The summed E-state index contributed by atoms with van der Waals surface area (Å²) in [7, 11) is 0. The standard InChI is InChI=1S/C25H37NO8/c1-16-9-11-18(12-10-16)32-19-13-17(2)31-21(27)20(15-30-14-19)26(22(28)33-24(3,4)5)23(29)34-25(6,7)8/h9-12,17,19-20H,13-15H2,1-8H3/t17?,19?,20-/m0/s1. The molecule has 1 aliphatic rings. The van der Waals surface area contributed by atoms with Crippen LogP contribution >= 0.6 is 0 Å². The van der Waals surface area contributed by atoms with Gasteiger partial charge in [0, 0.05) is 6.42 Å². The maximum Gasteiger partial charge on any atom is 0.420 e. The van der Waals surface area contributed by atoms with Gasteiger partial charge < -0.3 is 23.7 Å². The highest BCUT2D eigenvalue weighted by Gasteiger charge is 2.42. The van der Waals surface area contributed by atoms with Crippen LogP contribution in [0, 0.1) is 6.92 Å². The molecule has 2 rings (SSSR count). The SMILES string of the molecule is Cc1ccc(OC2COC[C@H](N(C(=O)OC(C)(C)C)C(=O)OC(C)(C)C)C(=O)OC(C)C2)cc1. The fourth-order valence-electron chi connectivity index (χ4n) is 3.16. The molecule has 0 saturated carbocycles. The first-order chi connectivity index (χ1) is 15.6. The zero-order valence-corrected chi connectivity index (χ0v) is 21.4. The van der Waals surface area contributed by atoms with Crippen LogP contribution in [0.1, 0.15) is 60.5 Å². The Morgan fingerprint density at radius 1 is 0.941 bits per heavy atom. The Hall–Kier alpha value is -2.81. The quantitative estimate of drug-likeness (QED) is 0.457. The average Bonchev–Trinajstić information content (AvgIpc) is 2.71. The number of hydrogen-bond donors (Lipinski definition) is 0. The van der Waals surface area contributed by atoms with Crippen molar-refractivity contribution in [1.29, 1.82) is 0 Å². The minimum atomic E-state index is -1.38. The van der Waals surface area contributed by atoms with Crippen molar-refractivity contribution in [2.24, 2.45) is 0 Å². The molecular weight excluding hydrogens is 442 g/mol. The number of aryl methyl sites for hydroxylation is 1. The molecule has 1 aromatic carbocycles. The van der Waals surface area contributed by atoms with Gasteiger partial charge in [0.2, 0.25) is 0 Å². The van der Waals surface area contributed by atoms with Crippen molar-refractivity contribution in [3.63, 3.8) is 0 Å². The van der Waals surface area contributed by atoms with E-state index in [1.807, 2.05) is 31.2 Å². The molecule has 0 bridgehead atoms. The summed E-state index contributed by atoms with van der Waals surface area (Å²) >= 11 is 0. The molecule has 9 heteroatoms. The number of benzene rings is 1. The molecule has 0 aromatic heterocycles. The number of nitrogens with zero attached hydrogens (tertiary/aromatic N) is 1. The van der Waals surface area contributed by atoms with Crippen molar-refractivity contribution in [2.75, 3.05) is 13.2 Å². The van der Waals surface area contributed by atoms with E-state index in [-0.39, 0.29) is 13.2 Å². The van der Waals surface area contributed by atoms with E-state index < -0.39 is 47.6 Å². The van der Waals surface area contributed by atoms with Crippen LogP contribution in [0.3, 0.4) is 0 Å². The first-order valence-corrected chi connectivity index (χ1v) is 11.4. The molecule has 190 valence electrons. The van der Waals surface area contributed by atoms with E-state index in [1.54, 1.807) is 48.5 Å². The lowest BCUT2D eigenvalue weighted by Crippen LogP contribution is -2.54. The van der Waals surface area contributed by atoms with Gasteiger partial charge in [0.1, 0.15) is 29.2 Å². The van der Waals surface area contributed by atoms with E-state index in [0.29, 0.717) is 17.1 Å². The Kier molecular flexibility index (Phi) is 8.94. The van der Waals surface area contributed by atoms with Crippen molar-refractivity contribution in [2.45, 2.75) is 91.3 Å². The minimum Gasteiger partial charge on any atom is -0.488 e. The molecule has 0 N–H and O–H groups in total. The van der Waals surface area contributed by atoms with Crippen LogP contribution in [0.25, 0.3) is 0 Å². The number of rotatable bonds is 3. The Morgan fingerprint density at radius 2 is 1.47 bits per heavy atom. The second-order valence-corrected chi connectivity index (χ2v) is 10.4. The highest BCUT2D eigenvalue weighted by atomic mass is 16.6. The number of cyclic esters (lactones) is 1. The Balaban J connectivity index is 2.24. The normalized spacial score (nSPS) is 21.9. The van der Waals surface area contributed by atoms with Crippen LogP contribution in [0.5, 0.6) is 5.75 Å². The van der Waals surface area contributed by atoms with Crippen LogP contribution in [0.4, 0.5) is 9.59 Å². The molecule has 1 heterocycles. The Bertz CT molecular complexity index is 825. The maximum absolute atomic E-state index is 13.0. The zero-order chi connectivity index (χ0) is 25.7. The number of carbonyl (C=O) groups is 3. The number of imide groups is 1. The average molecular weight is 480 g/mol. The zero-order valence-electron chi connectivity index (χ0n) is 21.4. The van der Waals surface area contributed by atoms with Crippen LogP contribution < -0.4 is 4.74 Å². The van der Waals surface area contributed by atoms with Crippen molar-refractivity contribution in [3.05, 3.63) is 29.8 Å². The summed E-state index contributed by atoms with van der Waals surface area (Å²) in [5.74, 6) is -0.127. The molecule has 1 aromatic rings. The van der Waals surface area contributed by atoms with Crippen molar-refractivity contribution in [3.8, 4) is 5.75 Å². The van der Waals surface area contributed by atoms with Gasteiger partial charge >= 0.3 is 18.2 Å². The van der Waals surface area contributed by atoms with Crippen LogP contribution in [0.15, 0.2) is 24.3 Å². The second kappa shape index (κ2) is 11.1. The largest absolute Gasteiger partial charge is 0.488 e. The number of ether oxygens (including phenoxy) is 5. The molecule has 0 radical (unpaired) electrons. The molecule has 34 heavy (non-hydrogen) atoms. The second-order valence-electron chi connectivity index (χ2n) is 10.4. The number of carbonyl (C=O) groups excluding carboxylic acids is 3. The van der Waals surface area contributed by atoms with Gasteiger partial charge in [-0.15, -0.1) is 0 Å². The fourth-order valence-corrected chi connectivity index (χ4v) is 3.16.